The van der Waals surface area contributed by atoms with E-state index >= 15 is 0 Å². The normalized spacial score (nSPS) is 26.4. The number of piperidine rings is 1. The molecule has 0 amide bonds. The number of hydrogen-bond donors (Lipinski definition) is 1. The summed E-state index contributed by atoms with van der Waals surface area (Å²) in [6.45, 7) is 6.18. The van der Waals surface area contributed by atoms with E-state index in [1.807, 2.05) is 14.0 Å². The maximum atomic E-state index is 6.26. The molecule has 17 heavy (non-hydrogen) atoms. The molecule has 2 unspecified atom stereocenters. The summed E-state index contributed by atoms with van der Waals surface area (Å²) in [5, 5.41) is 5.10. The molecule has 0 aliphatic carbocycles. The second kappa shape index (κ2) is 4.96. The fourth-order valence-electron chi connectivity index (χ4n) is 2.55. The standard InChI is InChI=1S/C12H21ClN4/c1-8-6-10(14)4-5-17(8)7-11-9(2)15-16(3)12(11)13/h8,10H,4-7,14H2,1-3H3. The Morgan fingerprint density at radius 1 is 1.53 bits per heavy atom. The molecule has 1 aliphatic heterocycles. The van der Waals surface area contributed by atoms with Gasteiger partial charge < -0.3 is 5.73 Å². The number of aromatic nitrogens is 2. The van der Waals surface area contributed by atoms with Crippen LogP contribution in [0.5, 0.6) is 0 Å². The van der Waals surface area contributed by atoms with Crippen molar-refractivity contribution in [2.24, 2.45) is 12.8 Å². The fourth-order valence-corrected chi connectivity index (χ4v) is 2.78. The first-order chi connectivity index (χ1) is 7.99. The minimum Gasteiger partial charge on any atom is -0.328 e. The highest BCUT2D eigenvalue weighted by molar-refractivity contribution is 6.30. The maximum Gasteiger partial charge on any atom is 0.131 e. The van der Waals surface area contributed by atoms with Gasteiger partial charge in [-0.15, -0.1) is 0 Å². The van der Waals surface area contributed by atoms with Crippen molar-refractivity contribution in [1.82, 2.24) is 14.7 Å². The molecule has 1 saturated heterocycles. The lowest BCUT2D eigenvalue weighted by Gasteiger charge is -2.36. The molecule has 1 aromatic rings. The minimum absolute atomic E-state index is 0.353. The predicted octanol–water partition coefficient (Wildman–Crippen LogP) is 1.69. The van der Waals surface area contributed by atoms with Crippen LogP contribution in [0.15, 0.2) is 0 Å². The minimum atomic E-state index is 0.353. The molecule has 2 atom stereocenters. The molecule has 1 aliphatic rings. The summed E-state index contributed by atoms with van der Waals surface area (Å²) in [6, 6.07) is 0.876. The first-order valence-corrected chi connectivity index (χ1v) is 6.54. The third-order valence-electron chi connectivity index (χ3n) is 3.69. The highest BCUT2D eigenvalue weighted by Gasteiger charge is 2.25. The first-order valence-electron chi connectivity index (χ1n) is 6.16. The van der Waals surface area contributed by atoms with Crippen molar-refractivity contribution in [2.45, 2.75) is 45.3 Å². The topological polar surface area (TPSA) is 47.1 Å². The molecule has 1 aromatic heterocycles. The van der Waals surface area contributed by atoms with Crippen LogP contribution in [-0.2, 0) is 13.6 Å². The SMILES string of the molecule is Cc1nn(C)c(Cl)c1CN1CCC(N)CC1C. The number of nitrogens with two attached hydrogens (primary N) is 1. The lowest BCUT2D eigenvalue weighted by Crippen LogP contribution is -2.45. The Hall–Kier alpha value is -0.580. The number of rotatable bonds is 2. The number of nitrogens with zero attached hydrogens (tertiary/aromatic N) is 3. The predicted molar refractivity (Wildman–Crippen MR) is 70.0 cm³/mol. The van der Waals surface area contributed by atoms with Crippen LogP contribution >= 0.6 is 11.6 Å². The van der Waals surface area contributed by atoms with Crippen molar-refractivity contribution in [3.05, 3.63) is 16.4 Å². The summed E-state index contributed by atoms with van der Waals surface area (Å²) in [5.74, 6) is 0. The molecule has 0 radical (unpaired) electrons. The van der Waals surface area contributed by atoms with E-state index in [4.69, 9.17) is 17.3 Å². The van der Waals surface area contributed by atoms with E-state index in [0.29, 0.717) is 12.1 Å². The smallest absolute Gasteiger partial charge is 0.131 e. The number of aryl methyl sites for hydroxylation is 2. The van der Waals surface area contributed by atoms with Gasteiger partial charge in [-0.3, -0.25) is 9.58 Å². The molecule has 4 nitrogen and oxygen atoms in total. The molecule has 1 fully saturated rings. The highest BCUT2D eigenvalue weighted by Crippen LogP contribution is 2.24. The molecule has 0 aromatic carbocycles. The highest BCUT2D eigenvalue weighted by atomic mass is 35.5. The van der Waals surface area contributed by atoms with Gasteiger partial charge in [-0.05, 0) is 26.7 Å². The molecule has 0 spiro atoms. The maximum absolute atomic E-state index is 6.26. The summed E-state index contributed by atoms with van der Waals surface area (Å²) >= 11 is 6.26. The van der Waals surface area contributed by atoms with E-state index in [1.165, 1.54) is 0 Å². The van der Waals surface area contributed by atoms with E-state index in [2.05, 4.69) is 16.9 Å². The quantitative estimate of drug-likeness (QED) is 0.876. The van der Waals surface area contributed by atoms with Crippen LogP contribution in [0.3, 0.4) is 0 Å². The van der Waals surface area contributed by atoms with E-state index in [0.717, 1.165) is 42.3 Å². The van der Waals surface area contributed by atoms with Crippen molar-refractivity contribution in [3.8, 4) is 0 Å². The first kappa shape index (κ1) is 12.9. The molecular weight excluding hydrogens is 236 g/mol. The number of likely N-dealkylation sites (tertiary alicyclic amines) is 1. The Balaban J connectivity index is 2.10. The Bertz CT molecular complexity index is 401. The van der Waals surface area contributed by atoms with E-state index in [1.54, 1.807) is 4.68 Å². The van der Waals surface area contributed by atoms with E-state index in [-0.39, 0.29) is 0 Å². The van der Waals surface area contributed by atoms with Gasteiger partial charge in [0.15, 0.2) is 0 Å². The molecule has 96 valence electrons. The Kier molecular flexibility index (Phi) is 3.76. The van der Waals surface area contributed by atoms with Gasteiger partial charge in [-0.25, -0.2) is 0 Å². The second-order valence-electron chi connectivity index (χ2n) is 5.08. The van der Waals surface area contributed by atoms with Gasteiger partial charge >= 0.3 is 0 Å². The Morgan fingerprint density at radius 3 is 2.76 bits per heavy atom. The summed E-state index contributed by atoms with van der Waals surface area (Å²) in [5.41, 5.74) is 8.15. The van der Waals surface area contributed by atoms with Crippen molar-refractivity contribution in [2.75, 3.05) is 6.54 Å². The molecule has 0 saturated carbocycles. The molecular formula is C12H21ClN4. The van der Waals surface area contributed by atoms with Crippen LogP contribution < -0.4 is 5.73 Å². The molecule has 5 heteroatoms. The van der Waals surface area contributed by atoms with Gasteiger partial charge in [0, 0.05) is 37.8 Å². The van der Waals surface area contributed by atoms with Gasteiger partial charge in [0.25, 0.3) is 0 Å². The summed E-state index contributed by atoms with van der Waals surface area (Å²) in [4.78, 5) is 2.44. The number of halogens is 1. The van der Waals surface area contributed by atoms with Crippen LogP contribution in [0.4, 0.5) is 0 Å². The third-order valence-corrected chi connectivity index (χ3v) is 4.16. The number of hydrogen-bond acceptors (Lipinski definition) is 3. The summed E-state index contributed by atoms with van der Waals surface area (Å²) < 4.78 is 1.74. The van der Waals surface area contributed by atoms with Crippen LogP contribution in [0.25, 0.3) is 0 Å². The van der Waals surface area contributed by atoms with Crippen LogP contribution in [0, 0.1) is 6.92 Å². The van der Waals surface area contributed by atoms with Crippen molar-refractivity contribution in [1.29, 1.82) is 0 Å². The van der Waals surface area contributed by atoms with E-state index in [9.17, 15) is 0 Å². The molecule has 2 heterocycles. The van der Waals surface area contributed by atoms with Crippen LogP contribution in [0.2, 0.25) is 5.15 Å². The monoisotopic (exact) mass is 256 g/mol. The van der Waals surface area contributed by atoms with Gasteiger partial charge in [-0.1, -0.05) is 11.6 Å². The van der Waals surface area contributed by atoms with Gasteiger partial charge in [0.05, 0.1) is 5.69 Å². The van der Waals surface area contributed by atoms with E-state index < -0.39 is 0 Å². The van der Waals surface area contributed by atoms with Crippen molar-refractivity contribution in [3.63, 3.8) is 0 Å². The average molecular weight is 257 g/mol. The summed E-state index contributed by atoms with van der Waals surface area (Å²) in [6.07, 6.45) is 2.14. The molecule has 2 N–H and O–H groups in total. The van der Waals surface area contributed by atoms with Gasteiger partial charge in [-0.2, -0.15) is 5.10 Å². The lowest BCUT2D eigenvalue weighted by molar-refractivity contribution is 0.140. The average Bonchev–Trinajstić information content (AvgIpc) is 2.48. The van der Waals surface area contributed by atoms with Crippen LogP contribution in [0.1, 0.15) is 31.0 Å². The molecule has 2 rings (SSSR count). The Morgan fingerprint density at radius 2 is 2.24 bits per heavy atom. The molecule has 0 bridgehead atoms. The fraction of sp³-hybridized carbons (Fsp3) is 0.750. The van der Waals surface area contributed by atoms with Crippen molar-refractivity contribution < 1.29 is 0 Å². The largest absolute Gasteiger partial charge is 0.328 e. The van der Waals surface area contributed by atoms with Gasteiger partial charge in [0.1, 0.15) is 5.15 Å². The second-order valence-corrected chi connectivity index (χ2v) is 5.44. The zero-order valence-electron chi connectivity index (χ0n) is 10.8. The van der Waals surface area contributed by atoms with Crippen LogP contribution in [-0.4, -0.2) is 33.3 Å². The lowest BCUT2D eigenvalue weighted by atomic mass is 9.98. The third kappa shape index (κ3) is 2.64. The van der Waals surface area contributed by atoms with Gasteiger partial charge in [0.2, 0.25) is 0 Å². The summed E-state index contributed by atoms with van der Waals surface area (Å²) in [7, 11) is 1.88. The Labute approximate surface area is 108 Å². The van der Waals surface area contributed by atoms with Crippen molar-refractivity contribution >= 4 is 11.6 Å². The zero-order chi connectivity index (χ0) is 12.6. The zero-order valence-corrected chi connectivity index (χ0v) is 11.5.